The molecule has 0 atom stereocenters. The Labute approximate surface area is 127 Å². The van der Waals surface area contributed by atoms with E-state index >= 15 is 0 Å². The van der Waals surface area contributed by atoms with E-state index in [-0.39, 0.29) is 0 Å². The van der Waals surface area contributed by atoms with Crippen molar-refractivity contribution >= 4 is 21.7 Å². The highest BCUT2D eigenvalue weighted by Crippen LogP contribution is 2.25. The smallest absolute Gasteiger partial charge is 0.128 e. The Morgan fingerprint density at radius 3 is 2.75 bits per heavy atom. The summed E-state index contributed by atoms with van der Waals surface area (Å²) in [6.45, 7) is 5.13. The van der Waals surface area contributed by atoms with Crippen molar-refractivity contribution in [2.24, 2.45) is 5.92 Å². The molecule has 0 saturated carbocycles. The van der Waals surface area contributed by atoms with Gasteiger partial charge in [0, 0.05) is 30.3 Å². The van der Waals surface area contributed by atoms with Crippen LogP contribution in [-0.4, -0.2) is 33.1 Å². The number of piperidine rings is 1. The number of hydrogen-bond donors (Lipinski definition) is 0. The quantitative estimate of drug-likeness (QED) is 0.865. The van der Waals surface area contributed by atoms with Gasteiger partial charge >= 0.3 is 0 Å². The van der Waals surface area contributed by atoms with Crippen LogP contribution in [0.2, 0.25) is 0 Å². The Morgan fingerprint density at radius 1 is 1.30 bits per heavy atom. The summed E-state index contributed by atoms with van der Waals surface area (Å²) >= 11 is 3.50. The second kappa shape index (κ2) is 5.91. The molecule has 106 valence electrons. The van der Waals surface area contributed by atoms with Gasteiger partial charge in [-0.15, -0.1) is 5.10 Å². The maximum Gasteiger partial charge on any atom is 0.128 e. The molecule has 6 heteroatoms. The molecule has 2 aromatic rings. The van der Waals surface area contributed by atoms with E-state index in [1.54, 1.807) is 6.20 Å². The fourth-order valence-corrected chi connectivity index (χ4v) is 2.87. The molecule has 1 fully saturated rings. The van der Waals surface area contributed by atoms with E-state index in [1.807, 2.05) is 17.8 Å². The third kappa shape index (κ3) is 3.00. The molecule has 3 heterocycles. The summed E-state index contributed by atoms with van der Waals surface area (Å²) in [4.78, 5) is 7.02. The van der Waals surface area contributed by atoms with Gasteiger partial charge in [-0.25, -0.2) is 4.98 Å². The SMILES string of the molecule is Cc1nc(N2CCC(Cn3ccnn3)CC2)ccc1Br. The molecule has 3 rings (SSSR count). The molecule has 20 heavy (non-hydrogen) atoms. The average molecular weight is 336 g/mol. The lowest BCUT2D eigenvalue weighted by molar-refractivity contribution is 0.338. The molecular formula is C14H18BrN5. The Kier molecular flexibility index (Phi) is 4.00. The lowest BCUT2D eigenvalue weighted by Gasteiger charge is -2.32. The molecule has 0 spiro atoms. The van der Waals surface area contributed by atoms with Crippen molar-refractivity contribution in [1.29, 1.82) is 0 Å². The van der Waals surface area contributed by atoms with E-state index in [9.17, 15) is 0 Å². The number of aromatic nitrogens is 4. The zero-order valence-corrected chi connectivity index (χ0v) is 13.1. The first-order valence-electron chi connectivity index (χ1n) is 6.94. The largest absolute Gasteiger partial charge is 0.357 e. The normalized spacial score (nSPS) is 16.6. The number of pyridine rings is 1. The third-order valence-corrected chi connectivity index (χ3v) is 4.70. The van der Waals surface area contributed by atoms with Crippen molar-refractivity contribution in [1.82, 2.24) is 20.0 Å². The van der Waals surface area contributed by atoms with Crippen LogP contribution < -0.4 is 4.90 Å². The number of anilines is 1. The van der Waals surface area contributed by atoms with Gasteiger partial charge in [0.25, 0.3) is 0 Å². The van der Waals surface area contributed by atoms with Crippen molar-refractivity contribution < 1.29 is 0 Å². The predicted octanol–water partition coefficient (Wildman–Crippen LogP) is 2.66. The molecule has 2 aromatic heterocycles. The highest BCUT2D eigenvalue weighted by atomic mass is 79.9. The lowest BCUT2D eigenvalue weighted by Crippen LogP contribution is -2.35. The van der Waals surface area contributed by atoms with Crippen molar-refractivity contribution in [3.63, 3.8) is 0 Å². The molecule has 0 radical (unpaired) electrons. The molecule has 0 N–H and O–H groups in total. The van der Waals surface area contributed by atoms with Crippen molar-refractivity contribution in [3.05, 3.63) is 34.7 Å². The fraction of sp³-hybridized carbons (Fsp3) is 0.500. The highest BCUT2D eigenvalue weighted by Gasteiger charge is 2.20. The van der Waals surface area contributed by atoms with Gasteiger partial charge < -0.3 is 4.90 Å². The summed E-state index contributed by atoms with van der Waals surface area (Å²) in [5, 5.41) is 7.90. The minimum absolute atomic E-state index is 0.685. The van der Waals surface area contributed by atoms with Gasteiger partial charge in [-0.1, -0.05) is 5.21 Å². The zero-order chi connectivity index (χ0) is 13.9. The van der Waals surface area contributed by atoms with Crippen molar-refractivity contribution in [3.8, 4) is 0 Å². The fourth-order valence-electron chi connectivity index (χ4n) is 2.65. The molecular weight excluding hydrogens is 318 g/mol. The monoisotopic (exact) mass is 335 g/mol. The summed E-state index contributed by atoms with van der Waals surface area (Å²) in [5.74, 6) is 1.77. The van der Waals surface area contributed by atoms with Gasteiger partial charge in [-0.2, -0.15) is 0 Å². The first-order valence-corrected chi connectivity index (χ1v) is 7.74. The lowest BCUT2D eigenvalue weighted by atomic mass is 9.97. The Morgan fingerprint density at radius 2 is 2.10 bits per heavy atom. The Bertz CT molecular complexity index is 561. The van der Waals surface area contributed by atoms with E-state index < -0.39 is 0 Å². The standard InChI is InChI=1S/C14H18BrN5/c1-11-13(15)2-3-14(17-11)19-7-4-12(5-8-19)10-20-9-6-16-18-20/h2-3,6,9,12H,4-5,7-8,10H2,1H3. The molecule has 0 amide bonds. The van der Waals surface area contributed by atoms with Gasteiger partial charge in [0.05, 0.1) is 11.9 Å². The summed E-state index contributed by atoms with van der Waals surface area (Å²) in [5.41, 5.74) is 1.05. The summed E-state index contributed by atoms with van der Waals surface area (Å²) in [6, 6.07) is 4.17. The first kappa shape index (κ1) is 13.5. The van der Waals surface area contributed by atoms with Crippen LogP contribution in [0.15, 0.2) is 29.0 Å². The molecule has 1 saturated heterocycles. The summed E-state index contributed by atoms with van der Waals surface area (Å²) < 4.78 is 3.00. The Balaban J connectivity index is 1.59. The zero-order valence-electron chi connectivity index (χ0n) is 11.5. The molecule has 0 aliphatic carbocycles. The molecule has 1 aliphatic heterocycles. The van der Waals surface area contributed by atoms with Crippen LogP contribution in [0.25, 0.3) is 0 Å². The van der Waals surface area contributed by atoms with E-state index in [4.69, 9.17) is 0 Å². The van der Waals surface area contributed by atoms with Crippen LogP contribution in [0.4, 0.5) is 5.82 Å². The van der Waals surface area contributed by atoms with E-state index in [0.717, 1.165) is 35.6 Å². The van der Waals surface area contributed by atoms with Crippen LogP contribution in [-0.2, 0) is 6.54 Å². The predicted molar refractivity (Wildman–Crippen MR) is 81.6 cm³/mol. The maximum atomic E-state index is 4.65. The average Bonchev–Trinajstić information content (AvgIpc) is 2.96. The van der Waals surface area contributed by atoms with E-state index in [1.165, 1.54) is 12.8 Å². The van der Waals surface area contributed by atoms with Crippen LogP contribution >= 0.6 is 15.9 Å². The molecule has 0 bridgehead atoms. The van der Waals surface area contributed by atoms with Gasteiger partial charge in [0.2, 0.25) is 0 Å². The minimum Gasteiger partial charge on any atom is -0.357 e. The van der Waals surface area contributed by atoms with Crippen LogP contribution in [0.1, 0.15) is 18.5 Å². The van der Waals surface area contributed by atoms with Gasteiger partial charge in [-0.3, -0.25) is 4.68 Å². The maximum absolute atomic E-state index is 4.65. The Hall–Kier alpha value is -1.43. The number of aryl methyl sites for hydroxylation is 1. The van der Waals surface area contributed by atoms with Crippen molar-refractivity contribution in [2.75, 3.05) is 18.0 Å². The van der Waals surface area contributed by atoms with Gasteiger partial charge in [0.15, 0.2) is 0 Å². The third-order valence-electron chi connectivity index (χ3n) is 3.86. The number of halogens is 1. The number of rotatable bonds is 3. The summed E-state index contributed by atoms with van der Waals surface area (Å²) in [7, 11) is 0. The topological polar surface area (TPSA) is 46.8 Å². The molecule has 5 nitrogen and oxygen atoms in total. The number of nitrogens with zero attached hydrogens (tertiary/aromatic N) is 5. The van der Waals surface area contributed by atoms with Crippen LogP contribution in [0, 0.1) is 12.8 Å². The van der Waals surface area contributed by atoms with Gasteiger partial charge in [0.1, 0.15) is 5.82 Å². The molecule has 1 aliphatic rings. The molecule has 0 unspecified atom stereocenters. The number of hydrogen-bond acceptors (Lipinski definition) is 4. The second-order valence-corrected chi connectivity index (χ2v) is 6.15. The summed E-state index contributed by atoms with van der Waals surface area (Å²) in [6.07, 6.45) is 6.03. The van der Waals surface area contributed by atoms with Crippen molar-refractivity contribution in [2.45, 2.75) is 26.3 Å². The van der Waals surface area contributed by atoms with Crippen LogP contribution in [0.5, 0.6) is 0 Å². The first-order chi connectivity index (χ1) is 9.72. The van der Waals surface area contributed by atoms with Crippen LogP contribution in [0.3, 0.4) is 0 Å². The molecule has 0 aromatic carbocycles. The minimum atomic E-state index is 0.685. The highest BCUT2D eigenvalue weighted by molar-refractivity contribution is 9.10. The second-order valence-electron chi connectivity index (χ2n) is 5.29. The van der Waals surface area contributed by atoms with E-state index in [0.29, 0.717) is 5.92 Å². The van der Waals surface area contributed by atoms with E-state index in [2.05, 4.69) is 48.3 Å². The van der Waals surface area contributed by atoms with Gasteiger partial charge in [-0.05, 0) is 53.7 Å².